The molecule has 2 saturated carbocycles. The first-order chi connectivity index (χ1) is 9.38. The van der Waals surface area contributed by atoms with Gasteiger partial charge in [0.15, 0.2) is 0 Å². The van der Waals surface area contributed by atoms with Crippen molar-refractivity contribution < 1.29 is 9.53 Å². The number of carbonyl (C=O) groups excluding carboxylic acids is 1. The maximum absolute atomic E-state index is 10.8. The van der Waals surface area contributed by atoms with Crippen molar-refractivity contribution in [2.75, 3.05) is 0 Å². The van der Waals surface area contributed by atoms with Crippen LogP contribution in [0.4, 0.5) is 0 Å². The van der Waals surface area contributed by atoms with Gasteiger partial charge in [0.25, 0.3) is 0 Å². The average Bonchev–Trinajstić information content (AvgIpc) is 2.74. The summed E-state index contributed by atoms with van der Waals surface area (Å²) in [5.74, 6) is 1.62. The zero-order valence-corrected chi connectivity index (χ0v) is 13.9. The molecule has 108 valence electrons. The van der Waals surface area contributed by atoms with Gasteiger partial charge >= 0.3 is 0 Å². The highest BCUT2D eigenvalue weighted by molar-refractivity contribution is 9.10. The number of fused-ring (bicyclic) bond motifs is 2. The quantitative estimate of drug-likeness (QED) is 0.737. The Morgan fingerprint density at radius 2 is 2.10 bits per heavy atom. The minimum absolute atomic E-state index is 0.250. The molecule has 0 saturated heterocycles. The number of carbonyl (C=O) groups is 1. The number of hydrogen-bond donors (Lipinski definition) is 0. The van der Waals surface area contributed by atoms with Gasteiger partial charge in [0.1, 0.15) is 18.1 Å². The van der Waals surface area contributed by atoms with Crippen LogP contribution in [0.15, 0.2) is 22.7 Å². The van der Waals surface area contributed by atoms with E-state index in [-0.39, 0.29) is 11.5 Å². The van der Waals surface area contributed by atoms with Crippen LogP contribution in [0.25, 0.3) is 0 Å². The fourth-order valence-corrected chi connectivity index (χ4v) is 4.64. The van der Waals surface area contributed by atoms with Crippen molar-refractivity contribution in [3.05, 3.63) is 28.2 Å². The molecule has 0 N–H and O–H groups in total. The van der Waals surface area contributed by atoms with E-state index in [2.05, 4.69) is 36.7 Å². The molecule has 0 spiro atoms. The summed E-state index contributed by atoms with van der Waals surface area (Å²) in [5, 5.41) is 0. The standard InChI is InChI=1S/C17H21BrO2/c1-16(2)12-6-7-17(16,3)15(9-12)20-14-5-4-11(10-19)8-13(14)18/h4-5,8,10,12,15H,6-7,9H2,1-3H3. The zero-order valence-electron chi connectivity index (χ0n) is 12.3. The summed E-state index contributed by atoms with van der Waals surface area (Å²) in [5.41, 5.74) is 1.27. The van der Waals surface area contributed by atoms with Crippen LogP contribution in [0.3, 0.4) is 0 Å². The normalized spacial score (nSPS) is 34.2. The number of benzene rings is 1. The topological polar surface area (TPSA) is 26.3 Å². The van der Waals surface area contributed by atoms with Crippen LogP contribution in [-0.4, -0.2) is 12.4 Å². The fraction of sp³-hybridized carbons (Fsp3) is 0.588. The lowest BCUT2D eigenvalue weighted by atomic mass is 9.70. The molecule has 3 unspecified atom stereocenters. The Morgan fingerprint density at radius 1 is 1.35 bits per heavy atom. The van der Waals surface area contributed by atoms with E-state index < -0.39 is 0 Å². The van der Waals surface area contributed by atoms with Gasteiger partial charge < -0.3 is 4.74 Å². The van der Waals surface area contributed by atoms with Crippen LogP contribution in [0.2, 0.25) is 0 Å². The molecule has 2 nitrogen and oxygen atoms in total. The molecule has 0 aromatic heterocycles. The van der Waals surface area contributed by atoms with Crippen LogP contribution in [0.1, 0.15) is 50.4 Å². The van der Waals surface area contributed by atoms with Crippen LogP contribution < -0.4 is 4.74 Å². The van der Waals surface area contributed by atoms with Crippen LogP contribution in [0.5, 0.6) is 5.75 Å². The Balaban J connectivity index is 1.85. The fourth-order valence-electron chi connectivity index (χ4n) is 4.15. The predicted octanol–water partition coefficient (Wildman–Crippen LogP) is 4.86. The zero-order chi connectivity index (χ0) is 14.5. The Bertz CT molecular complexity index is 552. The Kier molecular flexibility index (Phi) is 3.24. The summed E-state index contributed by atoms with van der Waals surface area (Å²) in [6, 6.07) is 5.53. The number of hydrogen-bond acceptors (Lipinski definition) is 2. The molecule has 3 heteroatoms. The average molecular weight is 337 g/mol. The molecule has 0 radical (unpaired) electrons. The number of rotatable bonds is 3. The largest absolute Gasteiger partial charge is 0.489 e. The molecule has 1 aromatic carbocycles. The lowest BCUT2D eigenvalue weighted by Gasteiger charge is -2.39. The Hall–Kier alpha value is -0.830. The lowest BCUT2D eigenvalue weighted by molar-refractivity contribution is 0.0297. The second kappa shape index (κ2) is 4.59. The third-order valence-electron chi connectivity index (χ3n) is 6.08. The smallest absolute Gasteiger partial charge is 0.150 e. The van der Waals surface area contributed by atoms with E-state index >= 15 is 0 Å². The lowest BCUT2D eigenvalue weighted by Crippen LogP contribution is -2.38. The molecular formula is C17H21BrO2. The Morgan fingerprint density at radius 3 is 2.60 bits per heavy atom. The highest BCUT2D eigenvalue weighted by Crippen LogP contribution is 2.66. The Labute approximate surface area is 129 Å². The molecule has 3 atom stereocenters. The van der Waals surface area contributed by atoms with Gasteiger partial charge in [0.2, 0.25) is 0 Å². The molecule has 2 aliphatic rings. The minimum Gasteiger partial charge on any atom is -0.489 e. The van der Waals surface area contributed by atoms with Crippen LogP contribution in [0, 0.1) is 16.7 Å². The third kappa shape index (κ3) is 1.86. The second-order valence-electron chi connectivity index (χ2n) is 7.02. The first kappa shape index (κ1) is 14.1. The van der Waals surface area contributed by atoms with E-state index in [0.29, 0.717) is 11.0 Å². The molecule has 2 fully saturated rings. The van der Waals surface area contributed by atoms with Crippen molar-refractivity contribution in [3.63, 3.8) is 0 Å². The third-order valence-corrected chi connectivity index (χ3v) is 6.69. The van der Waals surface area contributed by atoms with Crippen molar-refractivity contribution in [1.82, 2.24) is 0 Å². The van der Waals surface area contributed by atoms with E-state index in [4.69, 9.17) is 4.74 Å². The summed E-state index contributed by atoms with van der Waals surface area (Å²) >= 11 is 3.51. The summed E-state index contributed by atoms with van der Waals surface area (Å²) in [4.78, 5) is 10.8. The van der Waals surface area contributed by atoms with Gasteiger partial charge in [-0.05, 0) is 64.7 Å². The molecule has 2 aliphatic carbocycles. The molecule has 20 heavy (non-hydrogen) atoms. The van der Waals surface area contributed by atoms with Gasteiger partial charge in [-0.15, -0.1) is 0 Å². The van der Waals surface area contributed by atoms with Crippen molar-refractivity contribution in [2.45, 2.75) is 46.1 Å². The van der Waals surface area contributed by atoms with E-state index in [9.17, 15) is 4.79 Å². The first-order valence-electron chi connectivity index (χ1n) is 7.30. The SMILES string of the molecule is CC1(C)C2CCC1(C)C(Oc1ccc(C=O)cc1Br)C2. The highest BCUT2D eigenvalue weighted by Gasteiger charge is 2.62. The van der Waals surface area contributed by atoms with Crippen molar-refractivity contribution in [2.24, 2.45) is 16.7 Å². The number of halogens is 1. The van der Waals surface area contributed by atoms with Crippen LogP contribution in [-0.2, 0) is 0 Å². The van der Waals surface area contributed by atoms with E-state index in [1.807, 2.05) is 18.2 Å². The van der Waals surface area contributed by atoms with Crippen LogP contribution >= 0.6 is 15.9 Å². The molecule has 2 bridgehead atoms. The van der Waals surface area contributed by atoms with Gasteiger partial charge in [-0.3, -0.25) is 4.79 Å². The predicted molar refractivity (Wildman–Crippen MR) is 83.2 cm³/mol. The van der Waals surface area contributed by atoms with E-state index in [1.54, 1.807) is 0 Å². The molecular weight excluding hydrogens is 316 g/mol. The van der Waals surface area contributed by atoms with E-state index in [0.717, 1.165) is 28.8 Å². The van der Waals surface area contributed by atoms with Gasteiger partial charge in [-0.25, -0.2) is 0 Å². The molecule has 0 amide bonds. The van der Waals surface area contributed by atoms with Gasteiger partial charge in [-0.2, -0.15) is 0 Å². The number of ether oxygens (including phenoxy) is 1. The van der Waals surface area contributed by atoms with Gasteiger partial charge in [0, 0.05) is 11.0 Å². The van der Waals surface area contributed by atoms with Gasteiger partial charge in [0.05, 0.1) is 4.47 Å². The van der Waals surface area contributed by atoms with Gasteiger partial charge in [-0.1, -0.05) is 20.8 Å². The van der Waals surface area contributed by atoms with Crippen molar-refractivity contribution >= 4 is 22.2 Å². The number of aldehydes is 1. The highest BCUT2D eigenvalue weighted by atomic mass is 79.9. The maximum atomic E-state index is 10.8. The molecule has 0 heterocycles. The first-order valence-corrected chi connectivity index (χ1v) is 8.09. The summed E-state index contributed by atoms with van der Waals surface area (Å²) in [7, 11) is 0. The molecule has 3 rings (SSSR count). The molecule has 1 aromatic rings. The van der Waals surface area contributed by atoms with Crippen molar-refractivity contribution in [1.29, 1.82) is 0 Å². The van der Waals surface area contributed by atoms with E-state index in [1.165, 1.54) is 12.8 Å². The maximum Gasteiger partial charge on any atom is 0.150 e. The van der Waals surface area contributed by atoms with Crippen molar-refractivity contribution in [3.8, 4) is 5.75 Å². The summed E-state index contributed by atoms with van der Waals surface area (Å²) in [6.07, 6.45) is 4.85. The summed E-state index contributed by atoms with van der Waals surface area (Å²) in [6.45, 7) is 7.15. The monoisotopic (exact) mass is 336 g/mol. The minimum atomic E-state index is 0.250. The molecule has 0 aliphatic heterocycles. The second-order valence-corrected chi connectivity index (χ2v) is 7.88. The summed E-state index contributed by atoms with van der Waals surface area (Å²) < 4.78 is 7.18.